The number of carbonyl (C=O) groups is 2. The Hall–Kier alpha value is -3.28. The third-order valence-corrected chi connectivity index (χ3v) is 8.48. The van der Waals surface area contributed by atoms with E-state index in [4.69, 9.17) is 0 Å². The third kappa shape index (κ3) is 3.95. The molecule has 2 fully saturated rings. The van der Waals surface area contributed by atoms with Gasteiger partial charge < -0.3 is 25.5 Å². The number of aromatic amines is 2. The van der Waals surface area contributed by atoms with Crippen molar-refractivity contribution in [1.82, 2.24) is 25.2 Å². The predicted molar refractivity (Wildman–Crippen MR) is 133 cm³/mol. The molecule has 4 N–H and O–H groups in total. The van der Waals surface area contributed by atoms with Crippen molar-refractivity contribution in [3.63, 3.8) is 0 Å². The second-order valence-electron chi connectivity index (χ2n) is 8.61. The molecule has 0 bridgehead atoms. The SMILES string of the molecule is O=C(Nc1ccc(C(=O)N2CC(c3ncc(-c4ccc5[nH]c(=O)[nH]c5c4)s3)C2)s1)[C@@H]1CCCN1. The van der Waals surface area contributed by atoms with E-state index in [0.29, 0.717) is 23.0 Å². The van der Waals surface area contributed by atoms with Crippen LogP contribution in [0.4, 0.5) is 5.00 Å². The predicted octanol–water partition coefficient (Wildman–Crippen LogP) is 2.97. The Morgan fingerprint density at radius 2 is 1.94 bits per heavy atom. The molecule has 1 aromatic carbocycles. The van der Waals surface area contributed by atoms with Gasteiger partial charge in [-0.1, -0.05) is 6.07 Å². The van der Waals surface area contributed by atoms with Crippen LogP contribution in [0, 0.1) is 0 Å². The first-order valence-corrected chi connectivity index (χ1v) is 12.8. The first-order chi connectivity index (χ1) is 16.5. The highest BCUT2D eigenvalue weighted by molar-refractivity contribution is 7.18. The van der Waals surface area contributed by atoms with E-state index in [1.165, 1.54) is 11.3 Å². The number of nitrogens with zero attached hydrogens (tertiary/aromatic N) is 2. The Morgan fingerprint density at radius 3 is 2.76 bits per heavy atom. The molecule has 5 heterocycles. The number of fused-ring (bicyclic) bond motifs is 1. The first-order valence-electron chi connectivity index (χ1n) is 11.1. The molecule has 2 saturated heterocycles. The number of carbonyl (C=O) groups excluding carboxylic acids is 2. The lowest BCUT2D eigenvalue weighted by Gasteiger charge is -2.37. The number of thiazole rings is 1. The molecule has 2 amide bonds. The van der Waals surface area contributed by atoms with Crippen molar-refractivity contribution in [2.24, 2.45) is 0 Å². The third-order valence-electron chi connectivity index (χ3n) is 6.28. The van der Waals surface area contributed by atoms with Crippen molar-refractivity contribution in [2.45, 2.75) is 24.8 Å². The Labute approximate surface area is 202 Å². The summed E-state index contributed by atoms with van der Waals surface area (Å²) in [4.78, 5) is 50.2. The number of rotatable bonds is 5. The number of amides is 2. The van der Waals surface area contributed by atoms with Crippen LogP contribution in [-0.4, -0.2) is 57.3 Å². The lowest BCUT2D eigenvalue weighted by Crippen LogP contribution is -2.48. The van der Waals surface area contributed by atoms with Crippen LogP contribution in [0.2, 0.25) is 0 Å². The van der Waals surface area contributed by atoms with Crippen molar-refractivity contribution < 1.29 is 9.59 Å². The van der Waals surface area contributed by atoms with E-state index in [9.17, 15) is 14.4 Å². The van der Waals surface area contributed by atoms with Gasteiger partial charge in [0.15, 0.2) is 0 Å². The Morgan fingerprint density at radius 1 is 1.09 bits per heavy atom. The van der Waals surface area contributed by atoms with E-state index in [1.54, 1.807) is 23.5 Å². The summed E-state index contributed by atoms with van der Waals surface area (Å²) in [7, 11) is 0. The first kappa shape index (κ1) is 21.3. The Kier molecular flexibility index (Phi) is 5.31. The highest BCUT2D eigenvalue weighted by atomic mass is 32.1. The number of anilines is 1. The van der Waals surface area contributed by atoms with Crippen LogP contribution in [-0.2, 0) is 4.79 Å². The number of likely N-dealkylation sites (tertiary alicyclic amines) is 1. The molecular weight excluding hydrogens is 472 g/mol. The fourth-order valence-electron chi connectivity index (χ4n) is 4.39. The fourth-order valence-corrected chi connectivity index (χ4v) is 6.26. The zero-order chi connectivity index (χ0) is 23.2. The van der Waals surface area contributed by atoms with Crippen molar-refractivity contribution in [3.8, 4) is 10.4 Å². The van der Waals surface area contributed by atoms with Gasteiger partial charge in [0.25, 0.3) is 5.91 Å². The molecule has 0 radical (unpaired) electrons. The minimum absolute atomic E-state index is 0.0145. The summed E-state index contributed by atoms with van der Waals surface area (Å²) >= 11 is 2.93. The van der Waals surface area contributed by atoms with Gasteiger partial charge in [0.05, 0.1) is 36.8 Å². The summed E-state index contributed by atoms with van der Waals surface area (Å²) in [6, 6.07) is 9.22. The smallest absolute Gasteiger partial charge is 0.323 e. The average molecular weight is 495 g/mol. The molecule has 34 heavy (non-hydrogen) atoms. The normalized spacial score (nSPS) is 18.4. The standard InChI is InChI=1S/C23H22N6O3S2/c30-20(15-2-1-7-24-15)28-19-6-5-17(33-19)22(31)29-10-13(11-29)21-25-9-18(34-21)12-3-4-14-16(8-12)27-23(32)26-14/h3-6,8-9,13,15,24H,1-2,7,10-11H2,(H,28,30)(H2,26,27,32)/t15-/m0/s1. The number of hydrogen-bond donors (Lipinski definition) is 4. The second-order valence-corrected chi connectivity index (χ2v) is 10.8. The topological polar surface area (TPSA) is 123 Å². The molecular formula is C23H22N6O3S2. The van der Waals surface area contributed by atoms with Gasteiger partial charge in [-0.2, -0.15) is 0 Å². The van der Waals surface area contributed by atoms with Crippen LogP contribution in [0.5, 0.6) is 0 Å². The number of nitrogens with one attached hydrogen (secondary N) is 4. The van der Waals surface area contributed by atoms with Gasteiger partial charge in [0, 0.05) is 25.2 Å². The van der Waals surface area contributed by atoms with E-state index in [-0.39, 0.29) is 29.5 Å². The van der Waals surface area contributed by atoms with Gasteiger partial charge in [-0.15, -0.1) is 22.7 Å². The molecule has 0 aliphatic carbocycles. The Balaban J connectivity index is 1.07. The van der Waals surface area contributed by atoms with E-state index >= 15 is 0 Å². The van der Waals surface area contributed by atoms with E-state index in [2.05, 4.69) is 25.6 Å². The second kappa shape index (κ2) is 8.49. The summed E-state index contributed by atoms with van der Waals surface area (Å²) in [5.74, 6) is 0.161. The van der Waals surface area contributed by atoms with E-state index in [0.717, 1.165) is 45.9 Å². The molecule has 9 nitrogen and oxygen atoms in total. The monoisotopic (exact) mass is 494 g/mol. The molecule has 4 aromatic rings. The lowest BCUT2D eigenvalue weighted by molar-refractivity contribution is -0.117. The van der Waals surface area contributed by atoms with Crippen LogP contribution in [0.3, 0.4) is 0 Å². The van der Waals surface area contributed by atoms with Crippen molar-refractivity contribution in [1.29, 1.82) is 0 Å². The number of hydrogen-bond acceptors (Lipinski definition) is 7. The van der Waals surface area contributed by atoms with Gasteiger partial charge in [0.2, 0.25) is 5.91 Å². The van der Waals surface area contributed by atoms with E-state index < -0.39 is 0 Å². The number of imidazole rings is 1. The van der Waals surface area contributed by atoms with Gasteiger partial charge in [0.1, 0.15) is 0 Å². The summed E-state index contributed by atoms with van der Waals surface area (Å²) in [5.41, 5.74) is 2.32. The fraction of sp³-hybridized carbons (Fsp3) is 0.304. The van der Waals surface area contributed by atoms with Crippen LogP contribution in [0.15, 0.2) is 41.3 Å². The van der Waals surface area contributed by atoms with Gasteiger partial charge in [-0.25, -0.2) is 9.78 Å². The van der Waals surface area contributed by atoms with Crippen LogP contribution in [0.25, 0.3) is 21.5 Å². The summed E-state index contributed by atoms with van der Waals surface area (Å²) < 4.78 is 0. The quantitative estimate of drug-likeness (QED) is 0.340. The van der Waals surface area contributed by atoms with Crippen LogP contribution < -0.4 is 16.3 Å². The van der Waals surface area contributed by atoms with Crippen molar-refractivity contribution in [2.75, 3.05) is 25.0 Å². The maximum absolute atomic E-state index is 12.9. The van der Waals surface area contributed by atoms with Gasteiger partial charge in [-0.3, -0.25) is 9.59 Å². The minimum Gasteiger partial charge on any atom is -0.336 e. The lowest BCUT2D eigenvalue weighted by atomic mass is 10.0. The zero-order valence-electron chi connectivity index (χ0n) is 18.1. The molecule has 2 aliphatic rings. The maximum atomic E-state index is 12.9. The molecule has 2 aliphatic heterocycles. The molecule has 11 heteroatoms. The molecule has 1 atom stereocenters. The van der Waals surface area contributed by atoms with Gasteiger partial charge >= 0.3 is 5.69 Å². The molecule has 0 saturated carbocycles. The summed E-state index contributed by atoms with van der Waals surface area (Å²) in [6.45, 7) is 2.12. The largest absolute Gasteiger partial charge is 0.336 e. The molecule has 174 valence electrons. The maximum Gasteiger partial charge on any atom is 0.323 e. The van der Waals surface area contributed by atoms with E-state index in [1.807, 2.05) is 29.3 Å². The molecule has 0 spiro atoms. The van der Waals surface area contributed by atoms with Crippen LogP contribution >= 0.6 is 22.7 Å². The molecule has 6 rings (SSSR count). The van der Waals surface area contributed by atoms with Crippen molar-refractivity contribution in [3.05, 3.63) is 56.9 Å². The minimum atomic E-state index is -0.220. The molecule has 0 unspecified atom stereocenters. The number of H-pyrrole nitrogens is 2. The highest BCUT2D eigenvalue weighted by Crippen LogP contribution is 2.36. The number of aromatic nitrogens is 3. The van der Waals surface area contributed by atoms with Gasteiger partial charge in [-0.05, 0) is 49.2 Å². The number of thiophene rings is 1. The van der Waals surface area contributed by atoms with Crippen molar-refractivity contribution >= 4 is 50.5 Å². The summed E-state index contributed by atoms with van der Waals surface area (Å²) in [6.07, 6.45) is 3.70. The molecule has 3 aromatic heterocycles. The summed E-state index contributed by atoms with van der Waals surface area (Å²) in [5, 5.41) is 7.80. The van der Waals surface area contributed by atoms with Crippen LogP contribution in [0.1, 0.15) is 33.4 Å². The highest BCUT2D eigenvalue weighted by Gasteiger charge is 2.35. The average Bonchev–Trinajstić information content (AvgIpc) is 3.57. The Bertz CT molecular complexity index is 1440. The zero-order valence-corrected chi connectivity index (χ0v) is 19.7. The number of benzene rings is 1.